The number of rotatable bonds is 6. The Morgan fingerprint density at radius 3 is 2.45 bits per heavy atom. The molecule has 1 atom stereocenters. The van der Waals surface area contributed by atoms with Crippen LogP contribution in [0.15, 0.2) is 27.6 Å². The lowest BCUT2D eigenvalue weighted by Crippen LogP contribution is -2.46. The lowest BCUT2D eigenvalue weighted by Gasteiger charge is -2.18. The number of esters is 1. The summed E-state index contributed by atoms with van der Waals surface area (Å²) in [6, 6.07) is 3.68. The van der Waals surface area contributed by atoms with E-state index in [1.165, 1.54) is 12.1 Å². The average Bonchev–Trinajstić information content (AvgIpc) is 2.43. The highest BCUT2D eigenvalue weighted by molar-refractivity contribution is 9.10. The molecule has 1 rings (SSSR count). The van der Waals surface area contributed by atoms with Crippen LogP contribution in [0.1, 0.15) is 17.3 Å². The van der Waals surface area contributed by atoms with Gasteiger partial charge >= 0.3 is 11.9 Å². The lowest BCUT2D eigenvalue weighted by atomic mass is 10.1. The van der Waals surface area contributed by atoms with Gasteiger partial charge in [0.25, 0.3) is 0 Å². The van der Waals surface area contributed by atoms with Crippen molar-refractivity contribution in [3.8, 4) is 0 Å². The molecule has 0 aliphatic rings. The molecule has 8 nitrogen and oxygen atoms in total. The van der Waals surface area contributed by atoms with E-state index >= 15 is 0 Å². The van der Waals surface area contributed by atoms with Crippen LogP contribution in [0.3, 0.4) is 0 Å². The van der Waals surface area contributed by atoms with E-state index in [0.717, 1.165) is 20.1 Å². The third-order valence-corrected chi connectivity index (χ3v) is 4.51. The van der Waals surface area contributed by atoms with Crippen LogP contribution < -0.4 is 4.72 Å². The SMILES string of the molecule is COC(=O)c1cc(Br)cc(S(=O)(=O)NCC(C)(O)C(=O)O)c1. The molecule has 1 aromatic rings. The normalized spacial score (nSPS) is 14.2. The van der Waals surface area contributed by atoms with Gasteiger partial charge in [0.1, 0.15) is 0 Å². The number of carbonyl (C=O) groups is 2. The second-order valence-corrected chi connectivity index (χ2v) is 7.25. The molecule has 0 saturated carbocycles. The molecule has 0 saturated heterocycles. The largest absolute Gasteiger partial charge is 0.479 e. The van der Waals surface area contributed by atoms with Gasteiger partial charge in [0.15, 0.2) is 5.60 Å². The number of sulfonamides is 1. The highest BCUT2D eigenvalue weighted by Crippen LogP contribution is 2.20. The van der Waals surface area contributed by atoms with Crippen molar-refractivity contribution in [3.63, 3.8) is 0 Å². The van der Waals surface area contributed by atoms with Crippen molar-refractivity contribution in [1.29, 1.82) is 0 Å². The Kier molecular flexibility index (Phi) is 5.68. The van der Waals surface area contributed by atoms with Gasteiger partial charge < -0.3 is 14.9 Å². The summed E-state index contributed by atoms with van der Waals surface area (Å²) >= 11 is 3.07. The number of aliphatic carboxylic acids is 1. The molecule has 3 N–H and O–H groups in total. The quantitative estimate of drug-likeness (QED) is 0.592. The molecule has 22 heavy (non-hydrogen) atoms. The van der Waals surface area contributed by atoms with Crippen LogP contribution in [0.2, 0.25) is 0 Å². The Bertz CT molecular complexity index is 699. The van der Waals surface area contributed by atoms with Crippen molar-refractivity contribution < 1.29 is 33.0 Å². The van der Waals surface area contributed by atoms with Gasteiger partial charge in [0.2, 0.25) is 10.0 Å². The number of carboxylic acids is 1. The maximum absolute atomic E-state index is 12.1. The van der Waals surface area contributed by atoms with Crippen LogP contribution in [0.25, 0.3) is 0 Å². The molecule has 10 heteroatoms. The molecular weight excluding hydrogens is 382 g/mol. The fourth-order valence-corrected chi connectivity index (χ4v) is 3.19. The minimum absolute atomic E-state index is 0.00208. The van der Waals surface area contributed by atoms with Crippen molar-refractivity contribution in [2.45, 2.75) is 17.4 Å². The summed E-state index contributed by atoms with van der Waals surface area (Å²) in [6.07, 6.45) is 0. The van der Waals surface area contributed by atoms with E-state index in [1.54, 1.807) is 0 Å². The first-order valence-corrected chi connectivity index (χ1v) is 8.11. The number of halogens is 1. The second-order valence-electron chi connectivity index (χ2n) is 4.57. The Hall–Kier alpha value is -1.49. The minimum atomic E-state index is -4.12. The van der Waals surface area contributed by atoms with Gasteiger partial charge in [-0.1, -0.05) is 15.9 Å². The second kappa shape index (κ2) is 6.73. The molecule has 1 aromatic carbocycles. The van der Waals surface area contributed by atoms with Crippen molar-refractivity contribution >= 4 is 37.9 Å². The standard InChI is InChI=1S/C12H14BrNO7S/c1-12(18,11(16)17)6-14-22(19,20)9-4-7(10(15)21-2)3-8(13)5-9/h3-5,14,18H,6H2,1-2H3,(H,16,17). The Morgan fingerprint density at radius 2 is 1.95 bits per heavy atom. The van der Waals surface area contributed by atoms with Gasteiger partial charge in [-0.15, -0.1) is 0 Å². The van der Waals surface area contributed by atoms with E-state index < -0.39 is 34.1 Å². The molecule has 0 radical (unpaired) electrons. The van der Waals surface area contributed by atoms with Gasteiger partial charge in [-0.05, 0) is 25.1 Å². The first kappa shape index (κ1) is 18.6. The summed E-state index contributed by atoms with van der Waals surface area (Å²) in [5.74, 6) is -2.30. The molecule has 0 aromatic heterocycles. The highest BCUT2D eigenvalue weighted by Gasteiger charge is 2.32. The summed E-state index contributed by atoms with van der Waals surface area (Å²) in [7, 11) is -2.97. The number of hydrogen-bond acceptors (Lipinski definition) is 6. The Labute approximate surface area is 135 Å². The van der Waals surface area contributed by atoms with Gasteiger partial charge in [-0.3, -0.25) is 0 Å². The van der Waals surface area contributed by atoms with Crippen LogP contribution in [0.4, 0.5) is 0 Å². The maximum atomic E-state index is 12.1. The molecule has 0 aliphatic carbocycles. The number of hydrogen-bond donors (Lipinski definition) is 3. The topological polar surface area (TPSA) is 130 Å². The molecule has 0 heterocycles. The zero-order valence-electron chi connectivity index (χ0n) is 11.7. The Balaban J connectivity index is 3.11. The number of nitrogens with one attached hydrogen (secondary N) is 1. The number of methoxy groups -OCH3 is 1. The predicted molar refractivity (Wildman–Crippen MR) is 78.9 cm³/mol. The molecular formula is C12H14BrNO7S. The zero-order chi connectivity index (χ0) is 17.1. The Morgan fingerprint density at radius 1 is 1.36 bits per heavy atom. The van der Waals surface area contributed by atoms with E-state index in [1.807, 2.05) is 4.72 Å². The average molecular weight is 396 g/mol. The minimum Gasteiger partial charge on any atom is -0.479 e. The monoisotopic (exact) mass is 395 g/mol. The number of carbonyl (C=O) groups excluding carboxylic acids is 1. The van der Waals surface area contributed by atoms with Crippen molar-refractivity contribution in [3.05, 3.63) is 28.2 Å². The van der Waals surface area contributed by atoms with E-state index in [2.05, 4.69) is 20.7 Å². The van der Waals surface area contributed by atoms with E-state index in [0.29, 0.717) is 4.47 Å². The van der Waals surface area contributed by atoms with Crippen LogP contribution in [0.5, 0.6) is 0 Å². The third kappa shape index (κ3) is 4.50. The van der Waals surface area contributed by atoms with Gasteiger partial charge in [0, 0.05) is 4.47 Å². The molecule has 0 fully saturated rings. The smallest absolute Gasteiger partial charge is 0.337 e. The summed E-state index contributed by atoms with van der Waals surface area (Å²) in [4.78, 5) is 22.0. The zero-order valence-corrected chi connectivity index (χ0v) is 14.1. The first-order valence-electron chi connectivity index (χ1n) is 5.84. The molecule has 0 aliphatic heterocycles. The highest BCUT2D eigenvalue weighted by atomic mass is 79.9. The van der Waals surface area contributed by atoms with Crippen LogP contribution in [-0.2, 0) is 19.6 Å². The summed E-state index contributed by atoms with van der Waals surface area (Å²) in [6.45, 7) is 0.226. The first-order chi connectivity index (χ1) is 9.99. The predicted octanol–water partition coefficient (Wildman–Crippen LogP) is 0.350. The molecule has 122 valence electrons. The van der Waals surface area contributed by atoms with E-state index in [4.69, 9.17) is 5.11 Å². The third-order valence-electron chi connectivity index (χ3n) is 2.67. The van der Waals surface area contributed by atoms with Crippen molar-refractivity contribution in [2.75, 3.05) is 13.7 Å². The summed E-state index contributed by atoms with van der Waals surface area (Å²) in [5.41, 5.74) is -2.26. The summed E-state index contributed by atoms with van der Waals surface area (Å²) < 4.78 is 31.1. The number of ether oxygens (including phenoxy) is 1. The number of aliphatic hydroxyl groups is 1. The van der Waals surface area contributed by atoms with Crippen LogP contribution in [-0.4, -0.2) is 49.8 Å². The van der Waals surface area contributed by atoms with Crippen LogP contribution in [0, 0.1) is 0 Å². The maximum Gasteiger partial charge on any atom is 0.337 e. The van der Waals surface area contributed by atoms with Gasteiger partial charge in [-0.25, -0.2) is 22.7 Å². The van der Waals surface area contributed by atoms with Crippen molar-refractivity contribution in [1.82, 2.24) is 4.72 Å². The fourth-order valence-electron chi connectivity index (χ4n) is 1.35. The molecule has 1 unspecified atom stereocenters. The summed E-state index contributed by atoms with van der Waals surface area (Å²) in [5, 5.41) is 18.3. The molecule has 0 amide bonds. The number of benzene rings is 1. The van der Waals surface area contributed by atoms with E-state index in [9.17, 15) is 23.1 Å². The van der Waals surface area contributed by atoms with Crippen LogP contribution >= 0.6 is 15.9 Å². The number of carboxylic acid groups (broad SMARTS) is 1. The van der Waals surface area contributed by atoms with Gasteiger partial charge in [-0.2, -0.15) is 0 Å². The lowest BCUT2D eigenvalue weighted by molar-refractivity contribution is -0.155. The fraction of sp³-hybridized carbons (Fsp3) is 0.333. The molecule has 0 spiro atoms. The van der Waals surface area contributed by atoms with Gasteiger partial charge in [0.05, 0.1) is 24.1 Å². The van der Waals surface area contributed by atoms with Crippen molar-refractivity contribution in [2.24, 2.45) is 0 Å². The van der Waals surface area contributed by atoms with E-state index in [-0.39, 0.29) is 10.5 Å². The molecule has 0 bridgehead atoms.